The number of hydrogen-bond acceptors (Lipinski definition) is 6. The van der Waals surface area contributed by atoms with Crippen LogP contribution in [0.4, 0.5) is 21.0 Å². The number of carbonyl (C=O) groups is 6. The van der Waals surface area contributed by atoms with Crippen LogP contribution in [0.15, 0.2) is 57.5 Å². The highest BCUT2D eigenvalue weighted by atomic mass is 79.9. The minimum absolute atomic E-state index is 0.0178. The Balaban J connectivity index is 2.18. The summed E-state index contributed by atoms with van der Waals surface area (Å²) in [6.45, 7) is 5.74. The number of nitrogens with one attached hydrogen (secondary N) is 6. The Bertz CT molecular complexity index is 1380. The van der Waals surface area contributed by atoms with Gasteiger partial charge in [-0.05, 0) is 75.2 Å². The van der Waals surface area contributed by atoms with Crippen molar-refractivity contribution < 1.29 is 39.0 Å². The van der Waals surface area contributed by atoms with Crippen LogP contribution in [0, 0.1) is 0 Å². The largest absolute Gasteiger partial charge is 0.480 e. The SMILES string of the molecule is CCC(CC)(NC(=O)Nc1ccc(Br)cc1)C(=O)NC(C(=O)O)C(NC(=O)C(C)(C)NC(=O)Nc1ccc(Br)cc1)C(=O)O. The first-order chi connectivity index (χ1) is 20.5. The van der Waals surface area contributed by atoms with E-state index in [0.29, 0.717) is 11.4 Å². The molecule has 0 fully saturated rings. The number of halogens is 2. The van der Waals surface area contributed by atoms with Crippen molar-refractivity contribution in [1.29, 1.82) is 0 Å². The van der Waals surface area contributed by atoms with Crippen LogP contribution in [0.3, 0.4) is 0 Å². The van der Waals surface area contributed by atoms with Crippen molar-refractivity contribution in [2.45, 2.75) is 63.7 Å². The second-order valence-electron chi connectivity index (χ2n) is 10.2. The molecule has 0 aliphatic rings. The summed E-state index contributed by atoms with van der Waals surface area (Å²) in [5, 5.41) is 34.1. The summed E-state index contributed by atoms with van der Waals surface area (Å²) in [5.74, 6) is -5.54. The number of carboxylic acids is 2. The van der Waals surface area contributed by atoms with Crippen LogP contribution in [-0.2, 0) is 19.2 Å². The van der Waals surface area contributed by atoms with Crippen LogP contribution in [0.25, 0.3) is 0 Å². The predicted molar refractivity (Wildman–Crippen MR) is 169 cm³/mol. The standard InChI is InChI=1S/C28H34Br2N6O8/c1-5-28(6-2,36-26(44)32-18-13-9-16(30)10-14-18)24(42)34-20(22(39)40)19(21(37)38)33-23(41)27(3,4)35-25(43)31-17-11-7-15(29)8-12-17/h7-14,19-20H,5-6H2,1-4H3,(H,33,41)(H,34,42)(H,37,38)(H,39,40)(H2,31,35,43)(H2,32,36,44). The van der Waals surface area contributed by atoms with E-state index >= 15 is 0 Å². The van der Waals surface area contributed by atoms with Gasteiger partial charge in [0.25, 0.3) is 0 Å². The fourth-order valence-electron chi connectivity index (χ4n) is 3.93. The van der Waals surface area contributed by atoms with Crippen LogP contribution >= 0.6 is 31.9 Å². The maximum Gasteiger partial charge on any atom is 0.329 e. The normalized spacial score (nSPS) is 12.6. The van der Waals surface area contributed by atoms with E-state index in [4.69, 9.17) is 0 Å². The Kier molecular flexibility index (Phi) is 12.7. The molecule has 2 rings (SSSR count). The molecule has 2 aromatic rings. The summed E-state index contributed by atoms with van der Waals surface area (Å²) in [6.07, 6.45) is 0.0356. The van der Waals surface area contributed by atoms with Gasteiger partial charge in [-0.3, -0.25) is 9.59 Å². The number of rotatable bonds is 13. The molecule has 14 nitrogen and oxygen atoms in total. The van der Waals surface area contributed by atoms with Gasteiger partial charge in [0.2, 0.25) is 11.8 Å². The molecule has 2 atom stereocenters. The van der Waals surface area contributed by atoms with E-state index < -0.39 is 59.0 Å². The number of carboxylic acid groups (broad SMARTS) is 2. The van der Waals surface area contributed by atoms with E-state index in [0.717, 1.165) is 8.95 Å². The topological polar surface area (TPSA) is 215 Å². The van der Waals surface area contributed by atoms with Crippen molar-refractivity contribution >= 4 is 79.0 Å². The highest BCUT2D eigenvalue weighted by molar-refractivity contribution is 9.10. The Hall–Kier alpha value is -4.18. The van der Waals surface area contributed by atoms with E-state index in [2.05, 4.69) is 63.8 Å². The first-order valence-electron chi connectivity index (χ1n) is 13.3. The van der Waals surface area contributed by atoms with Crippen molar-refractivity contribution in [1.82, 2.24) is 21.3 Å². The molecule has 238 valence electrons. The second kappa shape index (κ2) is 15.5. The Morgan fingerprint density at radius 1 is 0.659 bits per heavy atom. The van der Waals surface area contributed by atoms with Gasteiger partial charge in [-0.25, -0.2) is 19.2 Å². The molecule has 8 N–H and O–H groups in total. The third kappa shape index (κ3) is 9.94. The third-order valence-corrected chi connectivity index (χ3v) is 7.69. The van der Waals surface area contributed by atoms with E-state index in [1.54, 1.807) is 62.4 Å². The monoisotopic (exact) mass is 740 g/mol. The average Bonchev–Trinajstić information content (AvgIpc) is 2.95. The summed E-state index contributed by atoms with van der Waals surface area (Å²) in [7, 11) is 0. The van der Waals surface area contributed by atoms with Gasteiger partial charge >= 0.3 is 24.0 Å². The van der Waals surface area contributed by atoms with Crippen LogP contribution in [0.5, 0.6) is 0 Å². The van der Waals surface area contributed by atoms with E-state index in [1.165, 1.54) is 13.8 Å². The minimum Gasteiger partial charge on any atom is -0.480 e. The number of urea groups is 2. The summed E-state index contributed by atoms with van der Waals surface area (Å²) >= 11 is 6.56. The maximum atomic E-state index is 13.4. The first-order valence-corrected chi connectivity index (χ1v) is 14.9. The highest BCUT2D eigenvalue weighted by Crippen LogP contribution is 2.19. The molecule has 0 bridgehead atoms. The average molecular weight is 742 g/mol. The summed E-state index contributed by atoms with van der Waals surface area (Å²) < 4.78 is 1.56. The van der Waals surface area contributed by atoms with Crippen molar-refractivity contribution in [3.63, 3.8) is 0 Å². The number of amides is 6. The smallest absolute Gasteiger partial charge is 0.329 e. The summed E-state index contributed by atoms with van der Waals surface area (Å²) in [5.41, 5.74) is -2.52. The fraction of sp³-hybridized carbons (Fsp3) is 0.357. The molecule has 16 heteroatoms. The van der Waals surface area contributed by atoms with Gasteiger partial charge in [-0.2, -0.15) is 0 Å². The number of benzene rings is 2. The van der Waals surface area contributed by atoms with Gasteiger partial charge in [-0.15, -0.1) is 0 Å². The zero-order valence-electron chi connectivity index (χ0n) is 24.3. The van der Waals surface area contributed by atoms with Crippen LogP contribution in [0.1, 0.15) is 40.5 Å². The number of anilines is 2. The van der Waals surface area contributed by atoms with Gasteiger partial charge in [0.1, 0.15) is 11.1 Å². The van der Waals surface area contributed by atoms with Crippen molar-refractivity contribution in [3.05, 3.63) is 57.5 Å². The lowest BCUT2D eigenvalue weighted by Gasteiger charge is -2.34. The van der Waals surface area contributed by atoms with Gasteiger partial charge in [0, 0.05) is 20.3 Å². The van der Waals surface area contributed by atoms with E-state index in [9.17, 15) is 39.0 Å². The quantitative estimate of drug-likeness (QED) is 0.151. The molecule has 0 saturated carbocycles. The highest BCUT2D eigenvalue weighted by Gasteiger charge is 2.44. The maximum absolute atomic E-state index is 13.4. The molecule has 0 aromatic heterocycles. The minimum atomic E-state index is -2.15. The summed E-state index contributed by atoms with van der Waals surface area (Å²) in [4.78, 5) is 76.1. The van der Waals surface area contributed by atoms with Crippen molar-refractivity contribution in [2.75, 3.05) is 10.6 Å². The number of hydrogen-bond donors (Lipinski definition) is 8. The van der Waals surface area contributed by atoms with Crippen LogP contribution in [-0.4, -0.2) is 69.2 Å². The van der Waals surface area contributed by atoms with Crippen LogP contribution < -0.4 is 31.9 Å². The molecule has 2 unspecified atom stereocenters. The van der Waals surface area contributed by atoms with Crippen molar-refractivity contribution in [2.24, 2.45) is 0 Å². The van der Waals surface area contributed by atoms with Gasteiger partial charge in [-0.1, -0.05) is 45.7 Å². The van der Waals surface area contributed by atoms with E-state index in [1.807, 2.05) is 0 Å². The van der Waals surface area contributed by atoms with Crippen LogP contribution in [0.2, 0.25) is 0 Å². The Morgan fingerprint density at radius 3 is 1.39 bits per heavy atom. The molecule has 6 amide bonds. The lowest BCUT2D eigenvalue weighted by molar-refractivity contribution is -0.151. The molecular formula is C28H34Br2N6O8. The number of aliphatic carboxylic acids is 2. The molecule has 0 aliphatic heterocycles. The third-order valence-electron chi connectivity index (χ3n) is 6.63. The fourth-order valence-corrected chi connectivity index (χ4v) is 4.46. The molecule has 0 aliphatic carbocycles. The number of carbonyl (C=O) groups excluding carboxylic acids is 4. The first kappa shape index (κ1) is 36.0. The molecule has 0 spiro atoms. The van der Waals surface area contributed by atoms with Gasteiger partial charge < -0.3 is 42.1 Å². The summed E-state index contributed by atoms with van der Waals surface area (Å²) in [6, 6.07) is 7.34. The molecule has 2 aromatic carbocycles. The predicted octanol–water partition coefficient (Wildman–Crippen LogP) is 3.63. The molecule has 44 heavy (non-hydrogen) atoms. The molecule has 0 saturated heterocycles. The Morgan fingerprint density at radius 2 is 1.02 bits per heavy atom. The van der Waals surface area contributed by atoms with Crippen molar-refractivity contribution in [3.8, 4) is 0 Å². The lowest BCUT2D eigenvalue weighted by atomic mass is 9.90. The Labute approximate surface area is 270 Å². The lowest BCUT2D eigenvalue weighted by Crippen LogP contribution is -2.67. The zero-order chi connectivity index (χ0) is 33.2. The second-order valence-corrected chi connectivity index (χ2v) is 12.0. The molecular weight excluding hydrogens is 708 g/mol. The van der Waals surface area contributed by atoms with Gasteiger partial charge in [0.15, 0.2) is 12.1 Å². The molecule has 0 heterocycles. The zero-order valence-corrected chi connectivity index (χ0v) is 27.5. The van der Waals surface area contributed by atoms with E-state index in [-0.39, 0.29) is 12.8 Å². The molecule has 0 radical (unpaired) electrons. The van der Waals surface area contributed by atoms with Gasteiger partial charge in [0.05, 0.1) is 0 Å².